The second-order valence-electron chi connectivity index (χ2n) is 7.00. The molecule has 1 aliphatic rings. The molecule has 4 heterocycles. The number of nitrogens with two attached hydrogens (primary N) is 2. The molecule has 0 aliphatic carbocycles. The highest BCUT2D eigenvalue weighted by Crippen LogP contribution is 2.30. The maximum absolute atomic E-state index is 9.52. The van der Waals surface area contributed by atoms with Gasteiger partial charge in [0, 0.05) is 68.5 Å². The summed E-state index contributed by atoms with van der Waals surface area (Å²) in [5.74, 6) is 6.64. The number of fused-ring (bicyclic) bond motifs is 1. The number of anilines is 1. The minimum absolute atomic E-state index is 0.497. The SMILES string of the molecule is CN(N)/C=C(\N)c1cc(-c2ccc(N3CCNCC3)nc2)c2c(C#N)cnn2c1. The van der Waals surface area contributed by atoms with Crippen LogP contribution in [0.25, 0.3) is 22.3 Å². The molecule has 3 aromatic rings. The Morgan fingerprint density at radius 3 is 2.76 bits per heavy atom. The van der Waals surface area contributed by atoms with E-state index in [9.17, 15) is 5.26 Å². The van der Waals surface area contributed by atoms with Crippen molar-refractivity contribution in [3.8, 4) is 17.2 Å². The largest absolute Gasteiger partial charge is 0.397 e. The molecule has 0 aromatic carbocycles. The van der Waals surface area contributed by atoms with E-state index in [1.54, 1.807) is 30.2 Å². The Bertz CT molecular complexity index is 1080. The van der Waals surface area contributed by atoms with E-state index in [4.69, 9.17) is 11.6 Å². The number of hydrogen-bond donors (Lipinski definition) is 3. The summed E-state index contributed by atoms with van der Waals surface area (Å²) in [6.07, 6.45) is 6.81. The van der Waals surface area contributed by atoms with Crippen LogP contribution in [0.2, 0.25) is 0 Å². The summed E-state index contributed by atoms with van der Waals surface area (Å²) in [6.45, 7) is 3.77. The third-order valence-electron chi connectivity index (χ3n) is 4.91. The van der Waals surface area contributed by atoms with Gasteiger partial charge in [-0.3, -0.25) is 0 Å². The Hall–Kier alpha value is -3.61. The van der Waals surface area contributed by atoms with Crippen LogP contribution in [-0.2, 0) is 0 Å². The number of piperazine rings is 1. The molecule has 9 heteroatoms. The van der Waals surface area contributed by atoms with Crippen molar-refractivity contribution in [2.45, 2.75) is 0 Å². The van der Waals surface area contributed by atoms with Gasteiger partial charge >= 0.3 is 0 Å². The van der Waals surface area contributed by atoms with E-state index in [1.807, 2.05) is 24.4 Å². The molecular weight excluding hydrogens is 366 g/mol. The van der Waals surface area contributed by atoms with Crippen LogP contribution >= 0.6 is 0 Å². The van der Waals surface area contributed by atoms with Gasteiger partial charge in [-0.25, -0.2) is 15.3 Å². The number of aromatic nitrogens is 3. The van der Waals surface area contributed by atoms with Crippen LogP contribution in [0.3, 0.4) is 0 Å². The predicted octanol–water partition coefficient (Wildman–Crippen LogP) is 0.740. The summed E-state index contributed by atoms with van der Waals surface area (Å²) in [5.41, 5.74) is 10.4. The van der Waals surface area contributed by atoms with Gasteiger partial charge in [0.15, 0.2) is 0 Å². The van der Waals surface area contributed by atoms with Gasteiger partial charge in [0.05, 0.1) is 23.0 Å². The molecule has 148 valence electrons. The number of hydrazine groups is 1. The average Bonchev–Trinajstić information content (AvgIpc) is 3.16. The van der Waals surface area contributed by atoms with Gasteiger partial charge in [-0.2, -0.15) is 10.4 Å². The second-order valence-corrected chi connectivity index (χ2v) is 7.00. The maximum Gasteiger partial charge on any atom is 0.128 e. The lowest BCUT2D eigenvalue weighted by Gasteiger charge is -2.28. The van der Waals surface area contributed by atoms with E-state index < -0.39 is 0 Å². The van der Waals surface area contributed by atoms with Gasteiger partial charge in [0.1, 0.15) is 11.9 Å². The standard InChI is InChI=1S/C20H23N9/c1-27(23)13-18(22)15-8-17(20-16(9-21)11-26-29(20)12-15)14-2-3-19(25-10-14)28-6-4-24-5-7-28/h2-3,8,10-13,24H,4-7,22-23H2,1H3/b18-13-. The molecule has 29 heavy (non-hydrogen) atoms. The fraction of sp³-hybridized carbons (Fsp3) is 0.250. The van der Waals surface area contributed by atoms with Crippen molar-refractivity contribution < 1.29 is 0 Å². The number of rotatable bonds is 4. The van der Waals surface area contributed by atoms with Crippen molar-refractivity contribution in [2.75, 3.05) is 38.1 Å². The Balaban J connectivity index is 1.81. The van der Waals surface area contributed by atoms with Crippen molar-refractivity contribution in [1.82, 2.24) is 24.9 Å². The quantitative estimate of drug-likeness (QED) is 0.441. The molecule has 0 atom stereocenters. The van der Waals surface area contributed by atoms with Crippen LogP contribution in [-0.4, -0.2) is 52.8 Å². The first-order valence-electron chi connectivity index (χ1n) is 9.35. The highest BCUT2D eigenvalue weighted by Gasteiger charge is 2.16. The molecule has 0 amide bonds. The van der Waals surface area contributed by atoms with Crippen LogP contribution < -0.4 is 21.8 Å². The number of nitriles is 1. The summed E-state index contributed by atoms with van der Waals surface area (Å²) in [4.78, 5) is 6.91. The molecule has 0 saturated carbocycles. The smallest absolute Gasteiger partial charge is 0.128 e. The molecule has 0 radical (unpaired) electrons. The third-order valence-corrected chi connectivity index (χ3v) is 4.91. The van der Waals surface area contributed by atoms with Crippen LogP contribution in [0, 0.1) is 11.3 Å². The van der Waals surface area contributed by atoms with Crippen molar-refractivity contribution in [2.24, 2.45) is 11.6 Å². The van der Waals surface area contributed by atoms with Gasteiger partial charge in [0.25, 0.3) is 0 Å². The third kappa shape index (κ3) is 3.71. The maximum atomic E-state index is 9.52. The number of pyridine rings is 2. The fourth-order valence-electron chi connectivity index (χ4n) is 3.50. The molecule has 0 spiro atoms. The van der Waals surface area contributed by atoms with Crippen LogP contribution in [0.4, 0.5) is 5.82 Å². The topological polar surface area (TPSA) is 125 Å². The first-order valence-corrected chi connectivity index (χ1v) is 9.35. The van der Waals surface area contributed by atoms with E-state index in [0.717, 1.165) is 54.2 Å². The zero-order valence-electron chi connectivity index (χ0n) is 16.2. The normalized spacial score (nSPS) is 14.8. The van der Waals surface area contributed by atoms with Crippen molar-refractivity contribution in [3.05, 3.63) is 54.1 Å². The Morgan fingerprint density at radius 2 is 2.10 bits per heavy atom. The summed E-state index contributed by atoms with van der Waals surface area (Å²) < 4.78 is 1.67. The van der Waals surface area contributed by atoms with E-state index in [0.29, 0.717) is 11.3 Å². The summed E-state index contributed by atoms with van der Waals surface area (Å²) >= 11 is 0. The zero-order chi connectivity index (χ0) is 20.4. The second kappa shape index (κ2) is 7.79. The lowest BCUT2D eigenvalue weighted by molar-refractivity contribution is 0.486. The summed E-state index contributed by atoms with van der Waals surface area (Å²) in [6, 6.07) is 8.18. The van der Waals surface area contributed by atoms with Crippen molar-refractivity contribution in [1.29, 1.82) is 5.26 Å². The summed E-state index contributed by atoms with van der Waals surface area (Å²) in [5, 5.41) is 18.6. The molecule has 0 bridgehead atoms. The fourth-order valence-corrected chi connectivity index (χ4v) is 3.50. The molecule has 9 nitrogen and oxygen atoms in total. The minimum atomic E-state index is 0.497. The van der Waals surface area contributed by atoms with E-state index in [2.05, 4.69) is 26.4 Å². The molecular formula is C20H23N9. The number of nitrogens with zero attached hydrogens (tertiary/aromatic N) is 6. The van der Waals surface area contributed by atoms with Gasteiger partial charge in [-0.05, 0) is 18.2 Å². The Kier molecular flexibility index (Phi) is 5.03. The monoisotopic (exact) mass is 389 g/mol. The van der Waals surface area contributed by atoms with Crippen LogP contribution in [0.15, 0.2) is 43.0 Å². The zero-order valence-corrected chi connectivity index (χ0v) is 16.2. The molecule has 1 aliphatic heterocycles. The molecule has 5 N–H and O–H groups in total. The molecule has 0 unspecified atom stereocenters. The van der Waals surface area contributed by atoms with Gasteiger partial charge < -0.3 is 21.0 Å². The van der Waals surface area contributed by atoms with Crippen LogP contribution in [0.5, 0.6) is 0 Å². The first kappa shape index (κ1) is 18.7. The first-order chi connectivity index (χ1) is 14.1. The highest BCUT2D eigenvalue weighted by atomic mass is 15.4. The van der Waals surface area contributed by atoms with Gasteiger partial charge in [-0.1, -0.05) is 0 Å². The van der Waals surface area contributed by atoms with Crippen molar-refractivity contribution >= 4 is 17.0 Å². The van der Waals surface area contributed by atoms with E-state index >= 15 is 0 Å². The number of nitrogens with one attached hydrogen (secondary N) is 1. The molecule has 4 rings (SSSR count). The van der Waals surface area contributed by atoms with Gasteiger partial charge in [0.2, 0.25) is 0 Å². The van der Waals surface area contributed by atoms with E-state index in [-0.39, 0.29) is 0 Å². The lowest BCUT2D eigenvalue weighted by atomic mass is 10.0. The van der Waals surface area contributed by atoms with E-state index in [1.165, 1.54) is 5.01 Å². The van der Waals surface area contributed by atoms with Crippen LogP contribution in [0.1, 0.15) is 11.1 Å². The average molecular weight is 389 g/mol. The predicted molar refractivity (Wildman–Crippen MR) is 112 cm³/mol. The molecule has 3 aromatic heterocycles. The highest BCUT2D eigenvalue weighted by molar-refractivity contribution is 5.86. The minimum Gasteiger partial charge on any atom is -0.397 e. The summed E-state index contributed by atoms with van der Waals surface area (Å²) in [7, 11) is 1.70. The molecule has 1 saturated heterocycles. The molecule has 1 fully saturated rings. The Morgan fingerprint density at radius 1 is 1.31 bits per heavy atom. The van der Waals surface area contributed by atoms with Gasteiger partial charge in [-0.15, -0.1) is 0 Å². The number of hydrogen-bond acceptors (Lipinski definition) is 8. The van der Waals surface area contributed by atoms with Crippen molar-refractivity contribution in [3.63, 3.8) is 0 Å². The Labute approximate surface area is 168 Å². The lowest BCUT2D eigenvalue weighted by Crippen LogP contribution is -2.43.